The predicted octanol–water partition coefficient (Wildman–Crippen LogP) is 4.04. The minimum Gasteiger partial charge on any atom is -0.444 e. The zero-order valence-corrected chi connectivity index (χ0v) is 15.9. The van der Waals surface area contributed by atoms with Crippen molar-refractivity contribution in [3.63, 3.8) is 0 Å². The van der Waals surface area contributed by atoms with Crippen LogP contribution in [0.5, 0.6) is 0 Å². The lowest BCUT2D eigenvalue weighted by molar-refractivity contribution is 0.0211. The summed E-state index contributed by atoms with van der Waals surface area (Å²) >= 11 is 6.14. The minimum atomic E-state index is -0.571. The van der Waals surface area contributed by atoms with E-state index in [1.165, 1.54) is 0 Å². The second-order valence-corrected chi connectivity index (χ2v) is 8.82. The molecule has 2 heterocycles. The van der Waals surface area contributed by atoms with E-state index in [1.807, 2.05) is 20.8 Å². The number of likely N-dealkylation sites (tertiary alicyclic amines) is 1. The zero-order chi connectivity index (χ0) is 18.7. The maximum absolute atomic E-state index is 12.7. The number of benzene rings is 1. The van der Waals surface area contributed by atoms with E-state index in [-0.39, 0.29) is 23.1 Å². The van der Waals surface area contributed by atoms with Gasteiger partial charge >= 0.3 is 6.09 Å². The fourth-order valence-corrected chi connectivity index (χ4v) is 3.93. The Morgan fingerprint density at radius 3 is 2.77 bits per heavy atom. The molecule has 2 fully saturated rings. The molecule has 1 N–H and O–H groups in total. The van der Waals surface area contributed by atoms with Crippen molar-refractivity contribution in [2.45, 2.75) is 51.7 Å². The Morgan fingerprint density at radius 1 is 1.38 bits per heavy atom. The van der Waals surface area contributed by atoms with E-state index in [0.29, 0.717) is 28.3 Å². The van der Waals surface area contributed by atoms with Gasteiger partial charge in [0.2, 0.25) is 0 Å². The topological polar surface area (TPSA) is 75.3 Å². The number of rotatable bonds is 1. The number of aromatic nitrogens is 2. The molecule has 6 nitrogen and oxygen atoms in total. The van der Waals surface area contributed by atoms with E-state index < -0.39 is 5.60 Å². The third-order valence-electron chi connectivity index (χ3n) is 5.11. The van der Waals surface area contributed by atoms with Crippen LogP contribution in [0.2, 0.25) is 5.02 Å². The van der Waals surface area contributed by atoms with Crippen molar-refractivity contribution in [3.8, 4) is 0 Å². The smallest absolute Gasteiger partial charge is 0.410 e. The molecule has 1 amide bonds. The largest absolute Gasteiger partial charge is 0.444 e. The highest BCUT2D eigenvalue weighted by Crippen LogP contribution is 2.58. The van der Waals surface area contributed by atoms with E-state index in [0.717, 1.165) is 19.3 Å². The molecule has 1 aromatic heterocycles. The van der Waals surface area contributed by atoms with E-state index >= 15 is 0 Å². The summed E-state index contributed by atoms with van der Waals surface area (Å²) in [7, 11) is 0. The molecule has 1 atom stereocenters. The average Bonchev–Trinajstić information content (AvgIpc) is 3.15. The SMILES string of the molecule is CC(C)(C)OC(=O)N1CC2(CC2)C[C@H]1c1nc2cccc(Cl)c2c(=O)[nH]1. The molecule has 1 aliphatic carbocycles. The van der Waals surface area contributed by atoms with Gasteiger partial charge in [0.15, 0.2) is 0 Å². The number of ether oxygens (including phenoxy) is 1. The van der Waals surface area contributed by atoms with Crippen molar-refractivity contribution in [2.24, 2.45) is 5.41 Å². The normalized spacial score (nSPS) is 21.4. The van der Waals surface area contributed by atoms with Gasteiger partial charge in [0.1, 0.15) is 11.4 Å². The van der Waals surface area contributed by atoms with Gasteiger partial charge < -0.3 is 9.72 Å². The second kappa shape index (κ2) is 5.71. The zero-order valence-electron chi connectivity index (χ0n) is 15.1. The van der Waals surface area contributed by atoms with Crippen molar-refractivity contribution in [1.29, 1.82) is 0 Å². The molecule has 0 bridgehead atoms. The highest BCUT2D eigenvalue weighted by molar-refractivity contribution is 6.35. The molecule has 138 valence electrons. The van der Waals surface area contributed by atoms with E-state index in [4.69, 9.17) is 16.3 Å². The fraction of sp³-hybridized carbons (Fsp3) is 0.526. The molecule has 1 saturated carbocycles. The fourth-order valence-electron chi connectivity index (χ4n) is 3.68. The minimum absolute atomic E-state index is 0.142. The molecule has 26 heavy (non-hydrogen) atoms. The predicted molar refractivity (Wildman–Crippen MR) is 99.3 cm³/mol. The third kappa shape index (κ3) is 3.07. The van der Waals surface area contributed by atoms with Gasteiger partial charge in [-0.3, -0.25) is 9.69 Å². The van der Waals surface area contributed by atoms with Crippen molar-refractivity contribution in [3.05, 3.63) is 39.4 Å². The van der Waals surface area contributed by atoms with Crippen LogP contribution in [0.1, 0.15) is 51.9 Å². The summed E-state index contributed by atoms with van der Waals surface area (Å²) in [4.78, 5) is 34.4. The van der Waals surface area contributed by atoms with Crippen LogP contribution < -0.4 is 5.56 Å². The Morgan fingerprint density at radius 2 is 2.12 bits per heavy atom. The first kappa shape index (κ1) is 17.3. The first-order chi connectivity index (χ1) is 12.2. The number of H-pyrrole nitrogens is 1. The Labute approximate surface area is 156 Å². The van der Waals surface area contributed by atoms with Gasteiger partial charge in [-0.25, -0.2) is 9.78 Å². The lowest BCUT2D eigenvalue weighted by Crippen LogP contribution is -2.37. The van der Waals surface area contributed by atoms with Crippen molar-refractivity contribution in [2.75, 3.05) is 6.54 Å². The van der Waals surface area contributed by atoms with Crippen LogP contribution in [0.25, 0.3) is 10.9 Å². The molecule has 2 aliphatic rings. The number of nitrogens with one attached hydrogen (secondary N) is 1. The summed E-state index contributed by atoms with van der Waals surface area (Å²) < 4.78 is 5.58. The maximum atomic E-state index is 12.7. The lowest BCUT2D eigenvalue weighted by atomic mass is 10.0. The van der Waals surface area contributed by atoms with Crippen LogP contribution >= 0.6 is 11.6 Å². The van der Waals surface area contributed by atoms with Gasteiger partial charge in [-0.2, -0.15) is 0 Å². The summed E-state index contributed by atoms with van der Waals surface area (Å²) in [5.74, 6) is 0.499. The van der Waals surface area contributed by atoms with Crippen molar-refractivity contribution >= 4 is 28.6 Å². The number of halogens is 1. The highest BCUT2D eigenvalue weighted by atomic mass is 35.5. The molecule has 0 radical (unpaired) electrons. The summed E-state index contributed by atoms with van der Waals surface area (Å²) in [5.41, 5.74) is -0.170. The van der Waals surface area contributed by atoms with Crippen LogP contribution in [0, 0.1) is 5.41 Å². The monoisotopic (exact) mass is 375 g/mol. The third-order valence-corrected chi connectivity index (χ3v) is 5.43. The number of carbonyl (C=O) groups excluding carboxylic acids is 1. The molecule has 7 heteroatoms. The number of nitrogens with zero attached hydrogens (tertiary/aromatic N) is 2. The molecular formula is C19H22ClN3O3. The summed E-state index contributed by atoms with van der Waals surface area (Å²) in [6.45, 7) is 6.19. The maximum Gasteiger partial charge on any atom is 0.410 e. The number of amides is 1. The number of hydrogen-bond acceptors (Lipinski definition) is 4. The number of fused-ring (bicyclic) bond motifs is 1. The van der Waals surface area contributed by atoms with Gasteiger partial charge in [0.25, 0.3) is 5.56 Å². The molecule has 1 aliphatic heterocycles. The second-order valence-electron chi connectivity index (χ2n) is 8.41. The first-order valence-corrected chi connectivity index (χ1v) is 9.23. The summed E-state index contributed by atoms with van der Waals surface area (Å²) in [5, 5.41) is 0.748. The Bertz CT molecular complexity index is 943. The van der Waals surface area contributed by atoms with Crippen LogP contribution in [0.15, 0.2) is 23.0 Å². The Balaban J connectivity index is 1.74. The van der Waals surface area contributed by atoms with Crippen LogP contribution in [0.4, 0.5) is 4.79 Å². The molecule has 1 aromatic carbocycles. The molecule has 2 aromatic rings. The van der Waals surface area contributed by atoms with Crippen LogP contribution in [-0.4, -0.2) is 33.1 Å². The average molecular weight is 376 g/mol. The van der Waals surface area contributed by atoms with Gasteiger partial charge in [-0.1, -0.05) is 17.7 Å². The first-order valence-electron chi connectivity index (χ1n) is 8.86. The molecule has 0 unspecified atom stereocenters. The van der Waals surface area contributed by atoms with Crippen molar-refractivity contribution < 1.29 is 9.53 Å². The highest BCUT2D eigenvalue weighted by Gasteiger charge is 2.55. The number of aromatic amines is 1. The van der Waals surface area contributed by atoms with E-state index in [1.54, 1.807) is 23.1 Å². The van der Waals surface area contributed by atoms with Crippen LogP contribution in [0.3, 0.4) is 0 Å². The quantitative estimate of drug-likeness (QED) is 0.816. The van der Waals surface area contributed by atoms with Gasteiger partial charge in [-0.05, 0) is 57.6 Å². The molecule has 1 saturated heterocycles. The summed E-state index contributed by atoms with van der Waals surface area (Å²) in [6, 6.07) is 4.91. The number of carbonyl (C=O) groups is 1. The number of hydrogen-bond donors (Lipinski definition) is 1. The molecule has 1 spiro atoms. The van der Waals surface area contributed by atoms with Gasteiger partial charge in [-0.15, -0.1) is 0 Å². The standard InChI is InChI=1S/C19H22ClN3O3/c1-18(2,3)26-17(25)23-10-19(7-8-19)9-13(23)15-21-12-6-4-5-11(20)14(12)16(24)22-15/h4-6,13H,7-10H2,1-3H3,(H,21,22,24)/t13-/m0/s1. The van der Waals surface area contributed by atoms with E-state index in [2.05, 4.69) is 9.97 Å². The van der Waals surface area contributed by atoms with Gasteiger partial charge in [0.05, 0.1) is 22.0 Å². The molecular weight excluding hydrogens is 354 g/mol. The Kier molecular flexibility index (Phi) is 3.81. The summed E-state index contributed by atoms with van der Waals surface area (Å²) in [6.07, 6.45) is 2.61. The lowest BCUT2D eigenvalue weighted by Gasteiger charge is -2.28. The molecule has 4 rings (SSSR count). The Hall–Kier alpha value is -2.08. The van der Waals surface area contributed by atoms with Gasteiger partial charge in [0, 0.05) is 6.54 Å². The van der Waals surface area contributed by atoms with E-state index in [9.17, 15) is 9.59 Å². The van der Waals surface area contributed by atoms with Crippen LogP contribution in [-0.2, 0) is 4.74 Å². The van der Waals surface area contributed by atoms with Crippen molar-refractivity contribution in [1.82, 2.24) is 14.9 Å².